The molecule has 0 aliphatic carbocycles. The average molecular weight is 868 g/mol. The van der Waals surface area contributed by atoms with E-state index in [1.54, 1.807) is 0 Å². The molecule has 0 bridgehead atoms. The number of imidazole rings is 1. The minimum atomic E-state index is 0. The standard InChI is InChI=1S/C29H24N3.C18H17N2.Ir/c1-18-9-7-10-19(2)27(18)24-17-30-32-26-14-8-13-25(31-20(3)15-16-21(31)4)28(26)22-11-5-6-12-23(22)29(24)32;1-13-11-14(2)17(15(3)12-13)20-10-9-19-18(20)16-7-5-4-6-8-16;/h5-13,15-17H,1-4H3;4-7,9-12H,1-3H3;/q2*-1;. The van der Waals surface area contributed by atoms with Gasteiger partial charge >= 0.3 is 0 Å². The minimum Gasteiger partial charge on any atom is -0.341 e. The number of aromatic nitrogens is 5. The zero-order valence-electron chi connectivity index (χ0n) is 31.1. The van der Waals surface area contributed by atoms with Crippen molar-refractivity contribution in [1.29, 1.82) is 0 Å². The molecule has 0 amide bonds. The van der Waals surface area contributed by atoms with Crippen molar-refractivity contribution in [3.63, 3.8) is 0 Å². The van der Waals surface area contributed by atoms with Gasteiger partial charge in [-0.1, -0.05) is 76.6 Å². The van der Waals surface area contributed by atoms with Crippen LogP contribution in [0.2, 0.25) is 0 Å². The van der Waals surface area contributed by atoms with Gasteiger partial charge in [-0.25, -0.2) is 0 Å². The van der Waals surface area contributed by atoms with Crippen LogP contribution in [0.5, 0.6) is 0 Å². The van der Waals surface area contributed by atoms with Gasteiger partial charge in [0.25, 0.3) is 0 Å². The van der Waals surface area contributed by atoms with Gasteiger partial charge in [0.1, 0.15) is 0 Å². The van der Waals surface area contributed by atoms with Gasteiger partial charge in [0.05, 0.1) is 17.5 Å². The topological polar surface area (TPSA) is 40.1 Å². The van der Waals surface area contributed by atoms with Crippen LogP contribution in [0, 0.1) is 60.6 Å². The Morgan fingerprint density at radius 2 is 1.32 bits per heavy atom. The summed E-state index contributed by atoms with van der Waals surface area (Å²) in [4.78, 5) is 4.50. The Bertz CT molecular complexity index is 2700. The fraction of sp³-hybridized carbons (Fsp3) is 0.149. The van der Waals surface area contributed by atoms with E-state index in [0.29, 0.717) is 0 Å². The summed E-state index contributed by atoms with van der Waals surface area (Å²) in [6.45, 7) is 15.1. The van der Waals surface area contributed by atoms with Gasteiger partial charge in [0, 0.05) is 55.1 Å². The molecule has 0 aliphatic rings. The predicted octanol–water partition coefficient (Wildman–Crippen LogP) is 11.4. The molecule has 0 saturated heterocycles. The van der Waals surface area contributed by atoms with Crippen LogP contribution in [-0.4, -0.2) is 23.7 Å². The Morgan fingerprint density at radius 1 is 0.642 bits per heavy atom. The maximum absolute atomic E-state index is 4.90. The molecule has 0 spiro atoms. The van der Waals surface area contributed by atoms with Crippen molar-refractivity contribution in [3.05, 3.63) is 173 Å². The van der Waals surface area contributed by atoms with Crippen LogP contribution >= 0.6 is 0 Å². The molecule has 1 radical (unpaired) electrons. The summed E-state index contributed by atoms with van der Waals surface area (Å²) in [5, 5.41) is 8.51. The SMILES string of the molecule is Cc1cc(C)c(-n2ccnc2-c2[c-]cccc2)c(C)c1.Cc1cccc(C)c1-c1cnn2c3[c-]ccc(-n4c(C)ccc4C)c3c3ccccc3c12.[Ir]. The van der Waals surface area contributed by atoms with Crippen molar-refractivity contribution in [2.45, 2.75) is 48.5 Å². The summed E-state index contributed by atoms with van der Waals surface area (Å²) in [6, 6.07) is 42.8. The molecule has 0 saturated carbocycles. The fourth-order valence-electron chi connectivity index (χ4n) is 8.02. The molecule has 9 aromatic rings. The average Bonchev–Trinajstić information content (AvgIpc) is 3.88. The maximum Gasteiger partial charge on any atom is 0.0790 e. The molecule has 0 aliphatic heterocycles. The Kier molecular flexibility index (Phi) is 9.78. The Balaban J connectivity index is 0.000000179. The number of hydrogen-bond donors (Lipinski definition) is 0. The van der Waals surface area contributed by atoms with E-state index in [-0.39, 0.29) is 20.1 Å². The summed E-state index contributed by atoms with van der Waals surface area (Å²) in [5.74, 6) is 0.931. The number of aryl methyl sites for hydroxylation is 7. The molecular weight excluding hydrogens is 827 g/mol. The van der Waals surface area contributed by atoms with Gasteiger partial charge in [-0.05, 0) is 99.3 Å². The van der Waals surface area contributed by atoms with E-state index in [1.807, 2.05) is 48.9 Å². The Morgan fingerprint density at radius 3 is 2.00 bits per heavy atom. The maximum atomic E-state index is 4.90. The third-order valence-electron chi connectivity index (χ3n) is 10.1. The molecule has 265 valence electrons. The predicted molar refractivity (Wildman–Crippen MR) is 215 cm³/mol. The van der Waals surface area contributed by atoms with Crippen LogP contribution in [0.15, 0.2) is 122 Å². The zero-order chi connectivity index (χ0) is 36.1. The molecule has 6 heteroatoms. The fourth-order valence-corrected chi connectivity index (χ4v) is 8.02. The van der Waals surface area contributed by atoms with Crippen molar-refractivity contribution >= 4 is 27.2 Å². The summed E-state index contributed by atoms with van der Waals surface area (Å²) in [6.07, 6.45) is 5.87. The van der Waals surface area contributed by atoms with Crippen LogP contribution < -0.4 is 0 Å². The summed E-state index contributed by atoms with van der Waals surface area (Å²) >= 11 is 0. The molecule has 4 aromatic heterocycles. The van der Waals surface area contributed by atoms with Crippen LogP contribution in [-0.2, 0) is 20.1 Å². The van der Waals surface area contributed by atoms with E-state index >= 15 is 0 Å². The second-order valence-electron chi connectivity index (χ2n) is 13.8. The van der Waals surface area contributed by atoms with E-state index < -0.39 is 0 Å². The van der Waals surface area contributed by atoms with Crippen molar-refractivity contribution < 1.29 is 20.1 Å². The van der Waals surface area contributed by atoms with Gasteiger partial charge in [-0.15, -0.1) is 42.0 Å². The van der Waals surface area contributed by atoms with Crippen molar-refractivity contribution in [2.75, 3.05) is 0 Å². The summed E-state index contributed by atoms with van der Waals surface area (Å²) in [7, 11) is 0. The number of benzene rings is 5. The molecule has 53 heavy (non-hydrogen) atoms. The van der Waals surface area contributed by atoms with Crippen LogP contribution in [0.25, 0.3) is 61.1 Å². The van der Waals surface area contributed by atoms with E-state index in [1.165, 1.54) is 77.9 Å². The normalized spacial score (nSPS) is 11.2. The Labute approximate surface area is 324 Å². The molecule has 4 heterocycles. The Hall–Kier alpha value is -5.55. The van der Waals surface area contributed by atoms with Gasteiger partial charge in [-0.3, -0.25) is 9.50 Å². The van der Waals surface area contributed by atoms with Crippen LogP contribution in [0.1, 0.15) is 39.2 Å². The van der Waals surface area contributed by atoms with Crippen molar-refractivity contribution in [3.8, 4) is 33.9 Å². The van der Waals surface area contributed by atoms with Gasteiger partial charge in [0.2, 0.25) is 0 Å². The van der Waals surface area contributed by atoms with Gasteiger partial charge in [0.15, 0.2) is 0 Å². The number of nitrogens with zero attached hydrogens (tertiary/aromatic N) is 5. The second kappa shape index (κ2) is 14.5. The molecular formula is C47H41IrN5-2. The minimum absolute atomic E-state index is 0. The first kappa shape index (κ1) is 35.8. The number of hydrogen-bond acceptors (Lipinski definition) is 2. The molecule has 0 atom stereocenters. The molecule has 0 fully saturated rings. The smallest absolute Gasteiger partial charge is 0.0790 e. The molecule has 5 aromatic carbocycles. The second-order valence-corrected chi connectivity index (χ2v) is 13.8. The molecule has 9 rings (SSSR count). The van der Waals surface area contributed by atoms with E-state index in [9.17, 15) is 0 Å². The molecule has 0 unspecified atom stereocenters. The van der Waals surface area contributed by atoms with E-state index in [0.717, 1.165) is 22.4 Å². The van der Waals surface area contributed by atoms with Gasteiger partial charge < -0.3 is 9.13 Å². The van der Waals surface area contributed by atoms with Crippen molar-refractivity contribution in [2.24, 2.45) is 0 Å². The first-order chi connectivity index (χ1) is 25.2. The number of rotatable bonds is 4. The monoisotopic (exact) mass is 868 g/mol. The van der Waals surface area contributed by atoms with Crippen LogP contribution in [0.3, 0.4) is 0 Å². The summed E-state index contributed by atoms with van der Waals surface area (Å²) < 4.78 is 6.55. The first-order valence-corrected chi connectivity index (χ1v) is 17.8. The van der Waals surface area contributed by atoms with E-state index in [4.69, 9.17) is 5.10 Å². The van der Waals surface area contributed by atoms with Gasteiger partial charge in [-0.2, -0.15) is 17.2 Å². The third-order valence-corrected chi connectivity index (χ3v) is 10.1. The third kappa shape index (κ3) is 6.22. The van der Waals surface area contributed by atoms with Crippen molar-refractivity contribution in [1.82, 2.24) is 23.7 Å². The molecule has 5 nitrogen and oxygen atoms in total. The molecule has 0 N–H and O–H groups in total. The number of fused-ring (bicyclic) bond motifs is 6. The number of pyridine rings is 1. The first-order valence-electron chi connectivity index (χ1n) is 17.8. The van der Waals surface area contributed by atoms with Crippen LogP contribution in [0.4, 0.5) is 0 Å². The largest absolute Gasteiger partial charge is 0.341 e. The zero-order valence-corrected chi connectivity index (χ0v) is 33.5. The summed E-state index contributed by atoms with van der Waals surface area (Å²) in [5.41, 5.74) is 16.7. The quantitative estimate of drug-likeness (QED) is 0.131. The van der Waals surface area contributed by atoms with E-state index in [2.05, 4.69) is 152 Å².